The fraction of sp³-hybridized carbons (Fsp3) is 0.300. The van der Waals surface area contributed by atoms with E-state index >= 15 is 0 Å². The van der Waals surface area contributed by atoms with Gasteiger partial charge in [0.1, 0.15) is 0 Å². The quantitative estimate of drug-likeness (QED) is 0.758. The molecule has 0 aliphatic heterocycles. The van der Waals surface area contributed by atoms with Gasteiger partial charge in [-0.2, -0.15) is 0 Å². The average Bonchev–Trinajstić information content (AvgIpc) is 2.18. The lowest BCUT2D eigenvalue weighted by molar-refractivity contribution is -0.120. The third-order valence-electron chi connectivity index (χ3n) is 1.61. The Balaban J connectivity index is 2.55. The highest BCUT2D eigenvalue weighted by molar-refractivity contribution is 5.93. The Morgan fingerprint density at radius 2 is 2.46 bits per heavy atom. The Labute approximate surface area is 76.8 Å². The van der Waals surface area contributed by atoms with E-state index in [1.807, 2.05) is 0 Å². The maximum absolute atomic E-state index is 12.8. The number of benzene rings is 1. The van der Waals surface area contributed by atoms with Gasteiger partial charge in [-0.25, -0.2) is 4.39 Å². The van der Waals surface area contributed by atoms with Crippen molar-refractivity contribution in [3.05, 3.63) is 30.3 Å². The fourth-order valence-corrected chi connectivity index (χ4v) is 0.868. The second-order valence-corrected chi connectivity index (χ2v) is 2.64. The molecule has 1 aromatic carbocycles. The molecule has 0 saturated carbocycles. The van der Waals surface area contributed by atoms with Gasteiger partial charge in [-0.1, -0.05) is 25.1 Å². The highest BCUT2D eigenvalue weighted by atomic mass is 19.1. The van der Waals surface area contributed by atoms with Gasteiger partial charge in [-0.3, -0.25) is 4.79 Å². The SMILES string of the molecule is CCC(F)C(=O)Nc1[c]cccc1. The lowest BCUT2D eigenvalue weighted by Crippen LogP contribution is -2.23. The summed E-state index contributed by atoms with van der Waals surface area (Å²) in [6.07, 6.45) is -1.24. The molecule has 0 saturated heterocycles. The Bertz CT molecular complexity index is 274. The number of para-hydroxylation sites is 1. The van der Waals surface area contributed by atoms with E-state index in [0.717, 1.165) is 0 Å². The van der Waals surface area contributed by atoms with Crippen LogP contribution < -0.4 is 5.32 Å². The van der Waals surface area contributed by atoms with E-state index in [0.29, 0.717) is 5.69 Å². The lowest BCUT2D eigenvalue weighted by Gasteiger charge is -2.06. The molecule has 0 heterocycles. The molecule has 0 spiro atoms. The van der Waals surface area contributed by atoms with Crippen LogP contribution in [-0.4, -0.2) is 12.1 Å². The molecule has 0 aliphatic carbocycles. The van der Waals surface area contributed by atoms with Crippen LogP contribution in [0.25, 0.3) is 0 Å². The van der Waals surface area contributed by atoms with Gasteiger partial charge in [0.05, 0.1) is 0 Å². The summed E-state index contributed by atoms with van der Waals surface area (Å²) in [6.45, 7) is 1.62. The molecule has 1 unspecified atom stereocenters. The highest BCUT2D eigenvalue weighted by Crippen LogP contribution is 2.06. The number of hydrogen-bond donors (Lipinski definition) is 1. The standard InChI is InChI=1S/C10H11FNO/c1-2-9(11)10(13)12-8-6-4-3-5-7-8/h3-6,9H,2H2,1H3,(H,12,13). The first-order valence-electron chi connectivity index (χ1n) is 4.15. The van der Waals surface area contributed by atoms with Gasteiger partial charge < -0.3 is 5.32 Å². The van der Waals surface area contributed by atoms with E-state index in [9.17, 15) is 9.18 Å². The summed E-state index contributed by atoms with van der Waals surface area (Å²) < 4.78 is 12.8. The van der Waals surface area contributed by atoms with Crippen molar-refractivity contribution >= 4 is 11.6 Å². The Kier molecular flexibility index (Phi) is 3.43. The fourth-order valence-electron chi connectivity index (χ4n) is 0.868. The molecule has 0 fully saturated rings. The molecule has 0 aromatic heterocycles. The molecule has 0 aliphatic rings. The number of amides is 1. The summed E-state index contributed by atoms with van der Waals surface area (Å²) in [5.41, 5.74) is 0.503. The zero-order valence-corrected chi connectivity index (χ0v) is 7.38. The van der Waals surface area contributed by atoms with E-state index in [4.69, 9.17) is 0 Å². The van der Waals surface area contributed by atoms with Crippen molar-refractivity contribution in [3.63, 3.8) is 0 Å². The van der Waals surface area contributed by atoms with Gasteiger partial charge in [0, 0.05) is 11.8 Å². The summed E-state index contributed by atoms with van der Waals surface area (Å²) in [7, 11) is 0. The third-order valence-corrected chi connectivity index (χ3v) is 1.61. The Morgan fingerprint density at radius 1 is 1.69 bits per heavy atom. The average molecular weight is 180 g/mol. The van der Waals surface area contributed by atoms with Gasteiger partial charge in [-0.15, -0.1) is 0 Å². The van der Waals surface area contributed by atoms with Crippen LogP contribution in [0.15, 0.2) is 24.3 Å². The number of carbonyl (C=O) groups is 1. The van der Waals surface area contributed by atoms with Crippen molar-refractivity contribution in [2.24, 2.45) is 0 Å². The molecule has 1 atom stereocenters. The first-order chi connectivity index (χ1) is 6.24. The van der Waals surface area contributed by atoms with Crippen LogP contribution in [0.2, 0.25) is 0 Å². The number of hydrogen-bond acceptors (Lipinski definition) is 1. The molecular weight excluding hydrogens is 169 g/mol. The topological polar surface area (TPSA) is 29.1 Å². The minimum absolute atomic E-state index is 0.193. The molecule has 1 rings (SSSR count). The number of anilines is 1. The van der Waals surface area contributed by atoms with Crippen LogP contribution in [-0.2, 0) is 4.79 Å². The van der Waals surface area contributed by atoms with E-state index in [1.54, 1.807) is 31.2 Å². The van der Waals surface area contributed by atoms with Crippen LogP contribution in [0.1, 0.15) is 13.3 Å². The van der Waals surface area contributed by atoms with Crippen molar-refractivity contribution in [3.8, 4) is 0 Å². The van der Waals surface area contributed by atoms with E-state index < -0.39 is 12.1 Å². The third kappa shape index (κ3) is 2.86. The molecular formula is C10H11FNO. The molecule has 1 N–H and O–H groups in total. The van der Waals surface area contributed by atoms with E-state index in [1.165, 1.54) is 0 Å². The molecule has 0 bridgehead atoms. The molecule has 13 heavy (non-hydrogen) atoms. The van der Waals surface area contributed by atoms with Crippen LogP contribution in [0, 0.1) is 6.07 Å². The molecule has 69 valence electrons. The summed E-state index contributed by atoms with van der Waals surface area (Å²) in [5, 5.41) is 2.42. The van der Waals surface area contributed by atoms with Crippen molar-refractivity contribution in [1.29, 1.82) is 0 Å². The van der Waals surface area contributed by atoms with Crippen LogP contribution in [0.3, 0.4) is 0 Å². The first-order valence-corrected chi connectivity index (χ1v) is 4.15. The second kappa shape index (κ2) is 4.60. The van der Waals surface area contributed by atoms with Crippen molar-refractivity contribution < 1.29 is 9.18 Å². The lowest BCUT2D eigenvalue weighted by atomic mass is 10.2. The van der Waals surface area contributed by atoms with E-state index in [2.05, 4.69) is 11.4 Å². The Morgan fingerprint density at radius 3 is 3.00 bits per heavy atom. The normalized spacial score (nSPS) is 12.2. The van der Waals surface area contributed by atoms with Crippen molar-refractivity contribution in [2.75, 3.05) is 5.32 Å². The number of halogens is 1. The van der Waals surface area contributed by atoms with Gasteiger partial charge >= 0.3 is 0 Å². The first kappa shape index (κ1) is 9.71. The van der Waals surface area contributed by atoms with Gasteiger partial charge in [0.15, 0.2) is 6.17 Å². The molecule has 1 aromatic rings. The largest absolute Gasteiger partial charge is 0.323 e. The summed E-state index contributed by atoms with van der Waals surface area (Å²) in [6, 6.07) is 9.64. The molecule has 1 radical (unpaired) electrons. The number of nitrogens with one attached hydrogen (secondary N) is 1. The van der Waals surface area contributed by atoms with Crippen molar-refractivity contribution in [1.82, 2.24) is 0 Å². The number of rotatable bonds is 3. The number of alkyl halides is 1. The van der Waals surface area contributed by atoms with Gasteiger partial charge in [0.25, 0.3) is 5.91 Å². The minimum atomic E-state index is -1.44. The van der Waals surface area contributed by atoms with E-state index in [-0.39, 0.29) is 6.42 Å². The maximum atomic E-state index is 12.8. The number of carbonyl (C=O) groups excluding carboxylic acids is 1. The van der Waals surface area contributed by atoms with Gasteiger partial charge in [-0.05, 0) is 12.5 Å². The Hall–Kier alpha value is -1.38. The second-order valence-electron chi connectivity index (χ2n) is 2.64. The smallest absolute Gasteiger partial charge is 0.258 e. The predicted molar refractivity (Wildman–Crippen MR) is 49.1 cm³/mol. The van der Waals surface area contributed by atoms with Crippen LogP contribution in [0.4, 0.5) is 10.1 Å². The van der Waals surface area contributed by atoms with Crippen molar-refractivity contribution in [2.45, 2.75) is 19.5 Å². The zero-order chi connectivity index (χ0) is 9.68. The summed E-state index contributed by atoms with van der Waals surface area (Å²) >= 11 is 0. The summed E-state index contributed by atoms with van der Waals surface area (Å²) in [5.74, 6) is -0.607. The van der Waals surface area contributed by atoms with Crippen LogP contribution in [0.5, 0.6) is 0 Å². The zero-order valence-electron chi connectivity index (χ0n) is 7.38. The predicted octanol–water partition coefficient (Wildman–Crippen LogP) is 2.17. The van der Waals surface area contributed by atoms with Gasteiger partial charge in [0.2, 0.25) is 0 Å². The van der Waals surface area contributed by atoms with Crippen LogP contribution >= 0.6 is 0 Å². The molecule has 3 heteroatoms. The highest BCUT2D eigenvalue weighted by Gasteiger charge is 2.13. The molecule has 1 amide bonds. The monoisotopic (exact) mass is 180 g/mol. The maximum Gasteiger partial charge on any atom is 0.258 e. The molecule has 2 nitrogen and oxygen atoms in total. The minimum Gasteiger partial charge on any atom is -0.323 e. The summed E-state index contributed by atoms with van der Waals surface area (Å²) in [4.78, 5) is 11.0.